The van der Waals surface area contributed by atoms with E-state index in [0.29, 0.717) is 19.1 Å². The molecule has 0 spiro atoms. The Morgan fingerprint density at radius 3 is 2.36 bits per heavy atom. The molecule has 0 radical (unpaired) electrons. The van der Waals surface area contributed by atoms with Crippen LogP contribution in [0.5, 0.6) is 5.75 Å². The topological polar surface area (TPSA) is 90.4 Å². The first-order valence-electron chi connectivity index (χ1n) is 10.2. The third kappa shape index (κ3) is 6.84. The lowest BCUT2D eigenvalue weighted by Crippen LogP contribution is -2.36. The lowest BCUT2D eigenvalue weighted by Gasteiger charge is -2.32. The average molecular weight is 397 g/mol. The zero-order valence-electron chi connectivity index (χ0n) is 18.2. The Morgan fingerprint density at radius 1 is 1.14 bits per heavy atom. The molecule has 0 saturated carbocycles. The summed E-state index contributed by atoms with van der Waals surface area (Å²) in [5.74, 6) is 0.689. The summed E-state index contributed by atoms with van der Waals surface area (Å²) in [4.78, 5) is 38.0. The highest BCUT2D eigenvalue weighted by Crippen LogP contribution is 2.35. The summed E-state index contributed by atoms with van der Waals surface area (Å²) in [6.45, 7) is 11.3. The maximum absolute atomic E-state index is 12.5. The highest BCUT2D eigenvalue weighted by molar-refractivity contribution is 5.76. The van der Waals surface area contributed by atoms with Gasteiger partial charge < -0.3 is 9.47 Å². The van der Waals surface area contributed by atoms with E-state index in [-0.39, 0.29) is 17.6 Å². The molecule has 1 rings (SSSR count). The Morgan fingerprint density at radius 2 is 1.79 bits per heavy atom. The standard InChI is InChI=1S/C21H36N2O5/c1-15(2)13-21(5,16(3)4)19(25)28-12-10-8-7-9-11-23-14-17(27-6)18(24)22-20(23)26/h14-16H,7-13H2,1-6H3,(H,22,24,26). The SMILES string of the molecule is COc1cn(CCCCCCOC(=O)C(C)(CC(C)C)C(C)C)c(=O)[nH]c1=O. The number of aryl methyl sites for hydroxylation is 1. The van der Waals surface area contributed by atoms with Crippen LogP contribution >= 0.6 is 0 Å². The molecule has 7 heteroatoms. The monoisotopic (exact) mass is 396 g/mol. The van der Waals surface area contributed by atoms with Gasteiger partial charge in [-0.2, -0.15) is 0 Å². The Bertz CT molecular complexity index is 735. The number of carbonyl (C=O) groups is 1. The van der Waals surface area contributed by atoms with Gasteiger partial charge in [-0.25, -0.2) is 4.79 Å². The van der Waals surface area contributed by atoms with Gasteiger partial charge in [0.2, 0.25) is 5.75 Å². The first kappa shape index (κ1) is 24.0. The number of ether oxygens (including phenoxy) is 2. The molecular weight excluding hydrogens is 360 g/mol. The fourth-order valence-electron chi connectivity index (χ4n) is 3.27. The summed E-state index contributed by atoms with van der Waals surface area (Å²) in [6.07, 6.45) is 5.65. The molecule has 1 aromatic heterocycles. The minimum Gasteiger partial charge on any atom is -0.490 e. The van der Waals surface area contributed by atoms with Gasteiger partial charge in [-0.3, -0.25) is 19.1 Å². The molecule has 0 bridgehead atoms. The molecule has 28 heavy (non-hydrogen) atoms. The first-order valence-corrected chi connectivity index (χ1v) is 10.2. The summed E-state index contributed by atoms with van der Waals surface area (Å²) in [5, 5.41) is 0. The molecular formula is C21H36N2O5. The number of aromatic amines is 1. The molecule has 1 aromatic rings. The molecule has 0 aliphatic carbocycles. The number of nitrogens with zero attached hydrogens (tertiary/aromatic N) is 1. The summed E-state index contributed by atoms with van der Waals surface area (Å²) in [5.41, 5.74) is -1.40. The number of nitrogens with one attached hydrogen (secondary N) is 1. The molecule has 7 nitrogen and oxygen atoms in total. The Hall–Kier alpha value is -2.05. The fraction of sp³-hybridized carbons (Fsp3) is 0.762. The van der Waals surface area contributed by atoms with Crippen LogP contribution in [-0.4, -0.2) is 29.2 Å². The van der Waals surface area contributed by atoms with Crippen LogP contribution in [0.2, 0.25) is 0 Å². The summed E-state index contributed by atoms with van der Waals surface area (Å²) in [6, 6.07) is 0. The first-order chi connectivity index (χ1) is 13.1. The van der Waals surface area contributed by atoms with Crippen LogP contribution in [0.1, 0.15) is 66.7 Å². The lowest BCUT2D eigenvalue weighted by atomic mass is 9.73. The highest BCUT2D eigenvalue weighted by atomic mass is 16.5. The quantitative estimate of drug-likeness (QED) is 0.432. The van der Waals surface area contributed by atoms with Gasteiger partial charge in [-0.15, -0.1) is 0 Å². The average Bonchev–Trinajstić information content (AvgIpc) is 2.61. The Kier molecular flexibility index (Phi) is 9.49. The number of aromatic nitrogens is 2. The van der Waals surface area contributed by atoms with E-state index < -0.39 is 16.7 Å². The molecule has 160 valence electrons. The van der Waals surface area contributed by atoms with Gasteiger partial charge in [0.05, 0.1) is 25.3 Å². The fourth-order valence-corrected chi connectivity index (χ4v) is 3.27. The third-order valence-electron chi connectivity index (χ3n) is 5.30. The van der Waals surface area contributed by atoms with Crippen LogP contribution in [0, 0.1) is 17.3 Å². The van der Waals surface area contributed by atoms with Crippen molar-refractivity contribution in [2.45, 2.75) is 73.3 Å². The molecule has 0 saturated heterocycles. The summed E-state index contributed by atoms with van der Waals surface area (Å²) >= 11 is 0. The second kappa shape index (κ2) is 11.1. The van der Waals surface area contributed by atoms with Crippen molar-refractivity contribution in [1.82, 2.24) is 9.55 Å². The normalized spacial score (nSPS) is 13.6. The minimum atomic E-state index is -0.517. The van der Waals surface area contributed by atoms with Crippen molar-refractivity contribution in [1.29, 1.82) is 0 Å². The number of carbonyl (C=O) groups excluding carboxylic acids is 1. The van der Waals surface area contributed by atoms with Gasteiger partial charge in [0, 0.05) is 6.54 Å². The van der Waals surface area contributed by atoms with E-state index in [0.717, 1.165) is 32.1 Å². The van der Waals surface area contributed by atoms with Crippen LogP contribution in [0.15, 0.2) is 15.8 Å². The van der Waals surface area contributed by atoms with Gasteiger partial charge >= 0.3 is 11.7 Å². The third-order valence-corrected chi connectivity index (χ3v) is 5.30. The number of unbranched alkanes of at least 4 members (excludes halogenated alkanes) is 3. The maximum Gasteiger partial charge on any atom is 0.328 e. The predicted molar refractivity (Wildman–Crippen MR) is 110 cm³/mol. The molecule has 0 aliphatic rings. The van der Waals surface area contributed by atoms with Gasteiger partial charge in [-0.1, -0.05) is 34.1 Å². The van der Waals surface area contributed by atoms with Gasteiger partial charge in [-0.05, 0) is 44.4 Å². The Labute approximate surface area is 167 Å². The van der Waals surface area contributed by atoms with E-state index in [1.807, 2.05) is 6.92 Å². The summed E-state index contributed by atoms with van der Waals surface area (Å²) in [7, 11) is 1.39. The van der Waals surface area contributed by atoms with Crippen molar-refractivity contribution < 1.29 is 14.3 Å². The zero-order chi connectivity index (χ0) is 21.3. The molecule has 0 aromatic carbocycles. The minimum absolute atomic E-state index is 0.108. The van der Waals surface area contributed by atoms with Gasteiger partial charge in [0.1, 0.15) is 0 Å². The smallest absolute Gasteiger partial charge is 0.328 e. The molecule has 1 N–H and O–H groups in total. The lowest BCUT2D eigenvalue weighted by molar-refractivity contribution is -0.159. The van der Waals surface area contributed by atoms with Crippen molar-refractivity contribution in [2.24, 2.45) is 17.3 Å². The van der Waals surface area contributed by atoms with Crippen molar-refractivity contribution >= 4 is 5.97 Å². The van der Waals surface area contributed by atoms with Crippen LogP contribution in [0.25, 0.3) is 0 Å². The van der Waals surface area contributed by atoms with Crippen molar-refractivity contribution in [2.75, 3.05) is 13.7 Å². The number of esters is 1. The molecule has 0 aliphatic heterocycles. The van der Waals surface area contributed by atoms with Gasteiger partial charge in [0.25, 0.3) is 5.56 Å². The summed E-state index contributed by atoms with van der Waals surface area (Å²) < 4.78 is 11.9. The highest BCUT2D eigenvalue weighted by Gasteiger charge is 2.38. The maximum atomic E-state index is 12.5. The number of rotatable bonds is 12. The van der Waals surface area contributed by atoms with E-state index in [1.54, 1.807) is 0 Å². The van der Waals surface area contributed by atoms with Crippen molar-refractivity contribution in [3.05, 3.63) is 27.0 Å². The Balaban J connectivity index is 2.36. The van der Waals surface area contributed by atoms with Crippen LogP contribution in [0.3, 0.4) is 0 Å². The van der Waals surface area contributed by atoms with Crippen molar-refractivity contribution in [3.63, 3.8) is 0 Å². The van der Waals surface area contributed by atoms with Gasteiger partial charge in [0.15, 0.2) is 0 Å². The molecule has 1 atom stereocenters. The van der Waals surface area contributed by atoms with E-state index in [2.05, 4.69) is 32.7 Å². The second-order valence-electron chi connectivity index (χ2n) is 8.37. The molecule has 1 unspecified atom stereocenters. The van der Waals surface area contributed by atoms with E-state index in [9.17, 15) is 14.4 Å². The molecule has 1 heterocycles. The number of hydrogen-bond acceptors (Lipinski definition) is 5. The predicted octanol–water partition coefficient (Wildman–Crippen LogP) is 3.36. The second-order valence-corrected chi connectivity index (χ2v) is 8.37. The van der Waals surface area contributed by atoms with Crippen LogP contribution in [-0.2, 0) is 16.1 Å². The molecule has 0 fully saturated rings. The molecule has 0 amide bonds. The number of H-pyrrole nitrogens is 1. The number of hydrogen-bond donors (Lipinski definition) is 1. The zero-order valence-corrected chi connectivity index (χ0v) is 18.2. The van der Waals surface area contributed by atoms with E-state index in [1.165, 1.54) is 17.9 Å². The van der Waals surface area contributed by atoms with Crippen LogP contribution in [0.4, 0.5) is 0 Å². The number of methoxy groups -OCH3 is 1. The van der Waals surface area contributed by atoms with Crippen molar-refractivity contribution in [3.8, 4) is 5.75 Å². The largest absolute Gasteiger partial charge is 0.490 e. The van der Waals surface area contributed by atoms with Crippen LogP contribution < -0.4 is 16.0 Å². The van der Waals surface area contributed by atoms with E-state index >= 15 is 0 Å². The van der Waals surface area contributed by atoms with E-state index in [4.69, 9.17) is 9.47 Å².